The summed E-state index contributed by atoms with van der Waals surface area (Å²) in [6.07, 6.45) is 3.71. The monoisotopic (exact) mass is 358 g/mol. The Morgan fingerprint density at radius 2 is 1.92 bits per heavy atom. The molecule has 1 aliphatic heterocycles. The van der Waals surface area contributed by atoms with Crippen LogP contribution in [-0.4, -0.2) is 62.8 Å². The molecule has 0 radical (unpaired) electrons. The molecule has 0 aromatic heterocycles. The summed E-state index contributed by atoms with van der Waals surface area (Å²) in [6, 6.07) is 11.3. The fraction of sp³-hybridized carbons (Fsp3) is 0.667. The summed E-state index contributed by atoms with van der Waals surface area (Å²) in [5.74, 6) is 0.951. The van der Waals surface area contributed by atoms with Gasteiger partial charge in [-0.1, -0.05) is 30.3 Å². The first-order valence-corrected chi connectivity index (χ1v) is 10.1. The number of morpholine rings is 1. The third-order valence-electron chi connectivity index (χ3n) is 5.53. The van der Waals surface area contributed by atoms with Gasteiger partial charge >= 0.3 is 0 Å². The van der Waals surface area contributed by atoms with Gasteiger partial charge in [0, 0.05) is 38.8 Å². The van der Waals surface area contributed by atoms with Gasteiger partial charge in [0.25, 0.3) is 0 Å². The fourth-order valence-electron chi connectivity index (χ4n) is 3.58. The molecule has 1 saturated heterocycles. The molecule has 1 atom stereocenters. The second kappa shape index (κ2) is 9.38. The van der Waals surface area contributed by atoms with E-state index in [2.05, 4.69) is 59.7 Å². The molecule has 1 aromatic carbocycles. The van der Waals surface area contributed by atoms with Crippen LogP contribution in [-0.2, 0) is 11.2 Å². The van der Waals surface area contributed by atoms with Gasteiger partial charge in [0.2, 0.25) is 0 Å². The van der Waals surface area contributed by atoms with E-state index >= 15 is 0 Å². The lowest BCUT2D eigenvalue weighted by Crippen LogP contribution is -2.49. The van der Waals surface area contributed by atoms with Gasteiger partial charge in [-0.25, -0.2) is 0 Å². The standard InChI is InChI=1S/C21H34N4O/c1-3-22-20(23-16-18(2)25-11-13-26-14-12-25)24-17-21(9-10-21)15-19-7-5-4-6-8-19/h4-8,18H,3,9-17H2,1-2H3,(H2,22,23,24). The number of nitrogens with one attached hydrogen (secondary N) is 2. The molecule has 0 bridgehead atoms. The summed E-state index contributed by atoms with van der Waals surface area (Å²) in [5.41, 5.74) is 1.80. The van der Waals surface area contributed by atoms with Crippen LogP contribution in [0.2, 0.25) is 0 Å². The summed E-state index contributed by atoms with van der Waals surface area (Å²) in [6.45, 7) is 10.9. The minimum absolute atomic E-state index is 0.375. The maximum atomic E-state index is 5.45. The molecular weight excluding hydrogens is 324 g/mol. The minimum atomic E-state index is 0.375. The maximum absolute atomic E-state index is 5.45. The van der Waals surface area contributed by atoms with Crippen molar-refractivity contribution in [1.82, 2.24) is 15.5 Å². The number of benzene rings is 1. The van der Waals surface area contributed by atoms with E-state index in [0.29, 0.717) is 11.5 Å². The number of rotatable bonds is 8. The van der Waals surface area contributed by atoms with E-state index in [0.717, 1.165) is 58.3 Å². The average Bonchev–Trinajstić information content (AvgIpc) is 3.45. The van der Waals surface area contributed by atoms with Gasteiger partial charge in [0.1, 0.15) is 0 Å². The van der Waals surface area contributed by atoms with Crippen molar-refractivity contribution in [2.24, 2.45) is 10.4 Å². The third-order valence-corrected chi connectivity index (χ3v) is 5.53. The lowest BCUT2D eigenvalue weighted by molar-refractivity contribution is 0.0211. The highest BCUT2D eigenvalue weighted by molar-refractivity contribution is 5.79. The molecule has 2 fully saturated rings. The topological polar surface area (TPSA) is 48.9 Å². The Morgan fingerprint density at radius 1 is 1.19 bits per heavy atom. The molecule has 2 N–H and O–H groups in total. The van der Waals surface area contributed by atoms with Crippen LogP contribution in [0.15, 0.2) is 35.3 Å². The first-order valence-electron chi connectivity index (χ1n) is 10.1. The number of guanidine groups is 1. The highest BCUT2D eigenvalue weighted by Gasteiger charge is 2.42. The number of hydrogen-bond acceptors (Lipinski definition) is 3. The fourth-order valence-corrected chi connectivity index (χ4v) is 3.58. The van der Waals surface area contributed by atoms with Gasteiger partial charge in [-0.2, -0.15) is 0 Å². The average molecular weight is 359 g/mol. The van der Waals surface area contributed by atoms with Gasteiger partial charge < -0.3 is 15.4 Å². The molecule has 3 rings (SSSR count). The van der Waals surface area contributed by atoms with E-state index in [1.165, 1.54) is 18.4 Å². The van der Waals surface area contributed by atoms with Crippen molar-refractivity contribution in [3.05, 3.63) is 35.9 Å². The zero-order valence-electron chi connectivity index (χ0n) is 16.3. The van der Waals surface area contributed by atoms with Crippen LogP contribution in [0, 0.1) is 5.41 Å². The molecule has 5 nitrogen and oxygen atoms in total. The Labute approximate surface area is 158 Å². The van der Waals surface area contributed by atoms with Crippen molar-refractivity contribution in [2.75, 3.05) is 45.9 Å². The summed E-state index contributed by atoms with van der Waals surface area (Å²) in [4.78, 5) is 7.40. The summed E-state index contributed by atoms with van der Waals surface area (Å²) < 4.78 is 5.45. The summed E-state index contributed by atoms with van der Waals surface area (Å²) >= 11 is 0. The first kappa shape index (κ1) is 19.2. The Balaban J connectivity index is 1.50. The van der Waals surface area contributed by atoms with Crippen LogP contribution < -0.4 is 10.6 Å². The second-order valence-corrected chi connectivity index (χ2v) is 7.74. The van der Waals surface area contributed by atoms with Crippen LogP contribution in [0.5, 0.6) is 0 Å². The molecule has 1 heterocycles. The zero-order valence-corrected chi connectivity index (χ0v) is 16.3. The lowest BCUT2D eigenvalue weighted by Gasteiger charge is -2.32. The molecule has 0 spiro atoms. The highest BCUT2D eigenvalue weighted by atomic mass is 16.5. The SMILES string of the molecule is CCNC(=NCC1(Cc2ccccc2)CC1)NCC(C)N1CCOCC1. The van der Waals surface area contributed by atoms with Gasteiger partial charge in [0.15, 0.2) is 5.96 Å². The quantitative estimate of drug-likeness (QED) is 0.553. The molecule has 144 valence electrons. The van der Waals surface area contributed by atoms with Gasteiger partial charge in [-0.3, -0.25) is 9.89 Å². The zero-order chi connectivity index (χ0) is 18.2. The van der Waals surface area contributed by atoms with Crippen molar-refractivity contribution in [3.8, 4) is 0 Å². The molecule has 1 unspecified atom stereocenters. The number of nitrogens with zero attached hydrogens (tertiary/aromatic N) is 2. The minimum Gasteiger partial charge on any atom is -0.379 e. The van der Waals surface area contributed by atoms with E-state index in [9.17, 15) is 0 Å². The smallest absolute Gasteiger partial charge is 0.191 e. The maximum Gasteiger partial charge on any atom is 0.191 e. The molecule has 26 heavy (non-hydrogen) atoms. The molecule has 1 aliphatic carbocycles. The van der Waals surface area contributed by atoms with Crippen molar-refractivity contribution < 1.29 is 4.74 Å². The van der Waals surface area contributed by atoms with Crippen molar-refractivity contribution in [3.63, 3.8) is 0 Å². The van der Waals surface area contributed by atoms with Crippen LogP contribution in [0.1, 0.15) is 32.3 Å². The molecule has 2 aliphatic rings. The molecule has 0 amide bonds. The van der Waals surface area contributed by atoms with E-state index in [4.69, 9.17) is 9.73 Å². The van der Waals surface area contributed by atoms with Crippen LogP contribution in [0.4, 0.5) is 0 Å². The summed E-state index contributed by atoms with van der Waals surface area (Å²) in [7, 11) is 0. The number of hydrogen-bond donors (Lipinski definition) is 2. The Morgan fingerprint density at radius 3 is 2.58 bits per heavy atom. The second-order valence-electron chi connectivity index (χ2n) is 7.74. The number of aliphatic imine (C=N–C) groups is 1. The lowest BCUT2D eigenvalue weighted by atomic mass is 9.97. The predicted octanol–water partition coefficient (Wildman–Crippen LogP) is 2.29. The Bertz CT molecular complexity index is 565. The van der Waals surface area contributed by atoms with Crippen LogP contribution >= 0.6 is 0 Å². The van der Waals surface area contributed by atoms with Gasteiger partial charge in [-0.15, -0.1) is 0 Å². The normalized spacial score (nSPS) is 21.2. The van der Waals surface area contributed by atoms with Crippen molar-refractivity contribution in [1.29, 1.82) is 0 Å². The molecule has 1 aromatic rings. The molecular formula is C21H34N4O. The number of ether oxygens (including phenoxy) is 1. The van der Waals surface area contributed by atoms with Gasteiger partial charge in [0.05, 0.1) is 13.2 Å². The Hall–Kier alpha value is -1.59. The third kappa shape index (κ3) is 5.71. The summed E-state index contributed by atoms with van der Waals surface area (Å²) in [5, 5.41) is 6.94. The van der Waals surface area contributed by atoms with E-state index in [-0.39, 0.29) is 0 Å². The largest absolute Gasteiger partial charge is 0.379 e. The van der Waals surface area contributed by atoms with Crippen molar-refractivity contribution in [2.45, 2.75) is 39.2 Å². The van der Waals surface area contributed by atoms with Gasteiger partial charge in [-0.05, 0) is 44.1 Å². The van der Waals surface area contributed by atoms with E-state index in [1.807, 2.05) is 0 Å². The van der Waals surface area contributed by atoms with Crippen molar-refractivity contribution >= 4 is 5.96 Å². The van der Waals surface area contributed by atoms with E-state index in [1.54, 1.807) is 0 Å². The predicted molar refractivity (Wildman–Crippen MR) is 108 cm³/mol. The van der Waals surface area contributed by atoms with E-state index < -0.39 is 0 Å². The molecule has 5 heteroatoms. The van der Waals surface area contributed by atoms with Crippen LogP contribution in [0.25, 0.3) is 0 Å². The molecule has 1 saturated carbocycles. The Kier molecular flexibility index (Phi) is 6.92. The van der Waals surface area contributed by atoms with Crippen LogP contribution in [0.3, 0.4) is 0 Å². The highest BCUT2D eigenvalue weighted by Crippen LogP contribution is 2.48. The first-order chi connectivity index (χ1) is 12.7.